The normalized spacial score (nSPS) is 21.1. The molecule has 4 heteroatoms. The minimum atomic E-state index is -0.0598. The van der Waals surface area contributed by atoms with Crippen LogP contribution in [-0.4, -0.2) is 25.5 Å². The van der Waals surface area contributed by atoms with Gasteiger partial charge in [0.15, 0.2) is 5.78 Å². The summed E-state index contributed by atoms with van der Waals surface area (Å²) in [5, 5.41) is 4.10. The van der Waals surface area contributed by atoms with Crippen molar-refractivity contribution in [3.63, 3.8) is 0 Å². The third kappa shape index (κ3) is 4.30. The number of carbonyl (C=O) groups is 1. The predicted molar refractivity (Wildman–Crippen MR) is 76.4 cm³/mol. The predicted octanol–water partition coefficient (Wildman–Crippen LogP) is 2.99. The number of ether oxygens (including phenoxy) is 1. The van der Waals surface area contributed by atoms with E-state index in [4.69, 9.17) is 16.3 Å². The zero-order chi connectivity index (χ0) is 13.7. The van der Waals surface area contributed by atoms with Gasteiger partial charge in [0.05, 0.1) is 6.10 Å². The van der Waals surface area contributed by atoms with Gasteiger partial charge in [0.25, 0.3) is 0 Å². The van der Waals surface area contributed by atoms with Gasteiger partial charge < -0.3 is 10.1 Å². The summed E-state index contributed by atoms with van der Waals surface area (Å²) in [6, 6.07) is 7.73. The van der Waals surface area contributed by atoms with E-state index < -0.39 is 0 Å². The molecule has 1 N–H and O–H groups in total. The lowest BCUT2D eigenvalue weighted by Crippen LogP contribution is -2.34. The van der Waals surface area contributed by atoms with Crippen LogP contribution in [0.15, 0.2) is 24.3 Å². The molecule has 1 aliphatic rings. The Labute approximate surface area is 119 Å². The van der Waals surface area contributed by atoms with E-state index in [1.165, 1.54) is 0 Å². The number of ketones is 1. The molecule has 0 bridgehead atoms. The van der Waals surface area contributed by atoms with Crippen LogP contribution in [0.25, 0.3) is 0 Å². The summed E-state index contributed by atoms with van der Waals surface area (Å²) >= 11 is 6.05. The first-order valence-electron chi connectivity index (χ1n) is 6.74. The summed E-state index contributed by atoms with van der Waals surface area (Å²) in [4.78, 5) is 11.2. The second kappa shape index (κ2) is 7.04. The van der Waals surface area contributed by atoms with E-state index in [2.05, 4.69) is 5.32 Å². The molecule has 1 saturated heterocycles. The number of benzene rings is 1. The van der Waals surface area contributed by atoms with Crippen molar-refractivity contribution >= 4 is 17.4 Å². The van der Waals surface area contributed by atoms with Crippen molar-refractivity contribution in [1.29, 1.82) is 0 Å². The van der Waals surface area contributed by atoms with Crippen molar-refractivity contribution < 1.29 is 9.53 Å². The molecule has 0 radical (unpaired) electrons. The van der Waals surface area contributed by atoms with E-state index in [1.54, 1.807) is 6.92 Å². The summed E-state index contributed by atoms with van der Waals surface area (Å²) in [6.45, 7) is 3.70. The third-order valence-electron chi connectivity index (χ3n) is 3.41. The van der Waals surface area contributed by atoms with E-state index in [0.717, 1.165) is 31.5 Å². The molecule has 0 aliphatic carbocycles. The number of carbonyl (C=O) groups excluding carboxylic acids is 1. The maximum Gasteiger partial charge on any atom is 0.155 e. The van der Waals surface area contributed by atoms with Gasteiger partial charge in [-0.3, -0.25) is 4.79 Å². The lowest BCUT2D eigenvalue weighted by molar-refractivity contribution is -0.125. The second-order valence-corrected chi connectivity index (χ2v) is 5.53. The van der Waals surface area contributed by atoms with Crippen LogP contribution >= 0.6 is 11.6 Å². The van der Waals surface area contributed by atoms with Gasteiger partial charge in [-0.15, -0.1) is 0 Å². The van der Waals surface area contributed by atoms with Crippen LogP contribution in [0.2, 0.25) is 5.02 Å². The minimum absolute atomic E-state index is 0.0517. The zero-order valence-corrected chi connectivity index (χ0v) is 12.0. The molecule has 0 amide bonds. The van der Waals surface area contributed by atoms with Crippen LogP contribution < -0.4 is 5.32 Å². The fourth-order valence-corrected chi connectivity index (χ4v) is 2.73. The first-order valence-corrected chi connectivity index (χ1v) is 7.12. The quantitative estimate of drug-likeness (QED) is 0.902. The van der Waals surface area contributed by atoms with Gasteiger partial charge >= 0.3 is 0 Å². The molecule has 2 rings (SSSR count). The van der Waals surface area contributed by atoms with E-state index in [0.29, 0.717) is 10.9 Å². The van der Waals surface area contributed by atoms with Crippen LogP contribution in [0.1, 0.15) is 31.4 Å². The summed E-state index contributed by atoms with van der Waals surface area (Å²) in [5.74, 6) is 0.447. The fourth-order valence-electron chi connectivity index (χ4n) is 2.53. The Hall–Kier alpha value is -0.900. The Kier molecular flexibility index (Phi) is 5.37. The molecule has 1 aliphatic heterocycles. The van der Waals surface area contributed by atoms with Crippen LogP contribution in [0.4, 0.5) is 0 Å². The highest BCUT2D eigenvalue weighted by molar-refractivity contribution is 6.30. The largest absolute Gasteiger partial charge is 0.365 e. The summed E-state index contributed by atoms with van der Waals surface area (Å²) in [6.07, 6.45) is 2.20. The van der Waals surface area contributed by atoms with Gasteiger partial charge in [-0.05, 0) is 44.0 Å². The molecule has 1 heterocycles. The molecule has 0 saturated carbocycles. The number of nitrogens with one attached hydrogen (secondary N) is 1. The number of hydrogen-bond donors (Lipinski definition) is 1. The van der Waals surface area contributed by atoms with Gasteiger partial charge in [-0.25, -0.2) is 0 Å². The first kappa shape index (κ1) is 14.5. The lowest BCUT2D eigenvalue weighted by atomic mass is 9.89. The molecular weight excluding hydrogens is 262 g/mol. The maximum absolute atomic E-state index is 11.2. The number of rotatable bonds is 5. The van der Waals surface area contributed by atoms with Gasteiger partial charge in [-0.2, -0.15) is 0 Å². The molecular formula is C15H20ClNO2. The average molecular weight is 282 g/mol. The lowest BCUT2D eigenvalue weighted by Gasteiger charge is -2.31. The van der Waals surface area contributed by atoms with Gasteiger partial charge in [0.1, 0.15) is 6.61 Å². The number of Topliss-reactive ketones (excluding diaryl/α,β-unsaturated/α-hetero) is 1. The van der Waals surface area contributed by atoms with Gasteiger partial charge in [0, 0.05) is 17.5 Å². The van der Waals surface area contributed by atoms with E-state index in [-0.39, 0.29) is 18.5 Å². The molecule has 2 atom stereocenters. The molecule has 104 valence electrons. The van der Waals surface area contributed by atoms with Crippen molar-refractivity contribution in [3.05, 3.63) is 34.9 Å². The Balaban J connectivity index is 2.14. The topological polar surface area (TPSA) is 38.3 Å². The van der Waals surface area contributed by atoms with E-state index >= 15 is 0 Å². The van der Waals surface area contributed by atoms with Gasteiger partial charge in [0.2, 0.25) is 0 Å². The second-order valence-electron chi connectivity index (χ2n) is 5.10. The Morgan fingerprint density at radius 3 is 3.05 bits per heavy atom. The minimum Gasteiger partial charge on any atom is -0.365 e. The Bertz CT molecular complexity index is 430. The number of halogens is 1. The number of piperidine rings is 1. The van der Waals surface area contributed by atoms with E-state index in [1.807, 2.05) is 24.3 Å². The molecule has 1 fully saturated rings. The molecule has 1 aromatic rings. The summed E-state index contributed by atoms with van der Waals surface area (Å²) in [5.41, 5.74) is 1.06. The van der Waals surface area contributed by atoms with Crippen LogP contribution in [0.5, 0.6) is 0 Å². The van der Waals surface area contributed by atoms with Crippen molar-refractivity contribution in [2.45, 2.75) is 25.9 Å². The molecule has 1 aromatic carbocycles. The summed E-state index contributed by atoms with van der Waals surface area (Å²) < 4.78 is 5.84. The zero-order valence-electron chi connectivity index (χ0n) is 11.2. The first-order chi connectivity index (χ1) is 9.16. The SMILES string of the molecule is CC(=O)COC(c1cccc(Cl)c1)C1CCCNC1. The highest BCUT2D eigenvalue weighted by Crippen LogP contribution is 2.31. The van der Waals surface area contributed by atoms with Crippen LogP contribution in [0.3, 0.4) is 0 Å². The monoisotopic (exact) mass is 281 g/mol. The van der Waals surface area contributed by atoms with Gasteiger partial charge in [-0.1, -0.05) is 23.7 Å². The molecule has 19 heavy (non-hydrogen) atoms. The highest BCUT2D eigenvalue weighted by atomic mass is 35.5. The molecule has 0 aromatic heterocycles. The average Bonchev–Trinajstić information content (AvgIpc) is 2.40. The Morgan fingerprint density at radius 1 is 1.58 bits per heavy atom. The Morgan fingerprint density at radius 2 is 2.42 bits per heavy atom. The molecule has 3 nitrogen and oxygen atoms in total. The highest BCUT2D eigenvalue weighted by Gasteiger charge is 2.26. The maximum atomic E-state index is 11.2. The van der Waals surface area contributed by atoms with Crippen molar-refractivity contribution in [2.24, 2.45) is 5.92 Å². The van der Waals surface area contributed by atoms with Crippen LogP contribution in [0, 0.1) is 5.92 Å². The summed E-state index contributed by atoms with van der Waals surface area (Å²) in [7, 11) is 0. The van der Waals surface area contributed by atoms with Crippen molar-refractivity contribution in [1.82, 2.24) is 5.32 Å². The fraction of sp³-hybridized carbons (Fsp3) is 0.533. The molecule has 2 unspecified atom stereocenters. The van der Waals surface area contributed by atoms with E-state index in [9.17, 15) is 4.79 Å². The third-order valence-corrected chi connectivity index (χ3v) is 3.64. The van der Waals surface area contributed by atoms with Crippen molar-refractivity contribution in [3.8, 4) is 0 Å². The van der Waals surface area contributed by atoms with Crippen LogP contribution in [-0.2, 0) is 9.53 Å². The number of hydrogen-bond acceptors (Lipinski definition) is 3. The van der Waals surface area contributed by atoms with Crippen molar-refractivity contribution in [2.75, 3.05) is 19.7 Å². The standard InChI is InChI=1S/C15H20ClNO2/c1-11(18)10-19-15(13-5-3-7-17-9-13)12-4-2-6-14(16)8-12/h2,4,6,8,13,15,17H,3,5,7,9-10H2,1H3. The molecule has 0 spiro atoms. The smallest absolute Gasteiger partial charge is 0.155 e.